The Morgan fingerprint density at radius 2 is 1.64 bits per heavy atom. The van der Waals surface area contributed by atoms with Crippen molar-refractivity contribution in [2.45, 2.75) is 34.3 Å². The number of aromatic nitrogens is 2. The molecule has 1 heterocycles. The van der Waals surface area contributed by atoms with Crippen molar-refractivity contribution in [1.29, 1.82) is 0 Å². The van der Waals surface area contributed by atoms with Gasteiger partial charge in [0, 0.05) is 6.08 Å². The average Bonchev–Trinajstić information content (AvgIpc) is 2.49. The predicted octanol–water partition coefficient (Wildman–Crippen LogP) is 3.47. The van der Waals surface area contributed by atoms with Gasteiger partial charge in [0.2, 0.25) is 0 Å². The molecule has 0 unspecified atom stereocenters. The summed E-state index contributed by atoms with van der Waals surface area (Å²) in [6.45, 7) is 7.83. The summed E-state index contributed by atoms with van der Waals surface area (Å²) in [5, 5.41) is 0. The lowest BCUT2D eigenvalue weighted by Crippen LogP contribution is -2.07. The summed E-state index contributed by atoms with van der Waals surface area (Å²) in [6.07, 6.45) is 3.16. The molecule has 0 aliphatic heterocycles. The Balaban J connectivity index is 1.95. The van der Waals surface area contributed by atoms with E-state index in [4.69, 9.17) is 4.74 Å². The van der Waals surface area contributed by atoms with Crippen LogP contribution < -0.4 is 0 Å². The van der Waals surface area contributed by atoms with Crippen molar-refractivity contribution in [2.24, 2.45) is 0 Å². The van der Waals surface area contributed by atoms with Crippen LogP contribution in [0.3, 0.4) is 0 Å². The second-order valence-electron chi connectivity index (χ2n) is 5.28. The first-order chi connectivity index (χ1) is 10.5. The number of hydrogen-bond acceptors (Lipinski definition) is 4. The number of carbonyl (C=O) groups excluding carboxylic acids is 1. The first kappa shape index (κ1) is 15.9. The molecule has 4 nitrogen and oxygen atoms in total. The van der Waals surface area contributed by atoms with Crippen LogP contribution in [0.2, 0.25) is 0 Å². The third-order valence-corrected chi connectivity index (χ3v) is 3.42. The first-order valence-corrected chi connectivity index (χ1v) is 7.18. The predicted molar refractivity (Wildman–Crippen MR) is 86.3 cm³/mol. The van der Waals surface area contributed by atoms with Crippen LogP contribution in [-0.2, 0) is 16.1 Å². The van der Waals surface area contributed by atoms with Crippen molar-refractivity contribution < 1.29 is 9.53 Å². The van der Waals surface area contributed by atoms with E-state index in [1.165, 1.54) is 11.6 Å². The summed E-state index contributed by atoms with van der Waals surface area (Å²) in [4.78, 5) is 20.6. The highest BCUT2D eigenvalue weighted by Crippen LogP contribution is 2.09. The van der Waals surface area contributed by atoms with Gasteiger partial charge in [-0.15, -0.1) is 0 Å². The van der Waals surface area contributed by atoms with Crippen LogP contribution in [0, 0.1) is 27.7 Å². The molecule has 2 rings (SSSR count). The Morgan fingerprint density at radius 1 is 1.00 bits per heavy atom. The summed E-state index contributed by atoms with van der Waals surface area (Å²) < 4.78 is 5.22. The number of nitrogens with zero attached hydrogens (tertiary/aromatic N) is 2. The summed E-state index contributed by atoms with van der Waals surface area (Å²) in [5.74, 6) is -0.389. The van der Waals surface area contributed by atoms with E-state index < -0.39 is 0 Å². The molecular weight excluding hydrogens is 276 g/mol. The van der Waals surface area contributed by atoms with Crippen LogP contribution in [0.4, 0.5) is 0 Å². The molecule has 0 aliphatic carbocycles. The Labute approximate surface area is 130 Å². The zero-order valence-electron chi connectivity index (χ0n) is 13.4. The molecule has 114 valence electrons. The smallest absolute Gasteiger partial charge is 0.331 e. The summed E-state index contributed by atoms with van der Waals surface area (Å²) in [5.41, 5.74) is 5.38. The standard InChI is InChI=1S/C18H20N2O2/c1-12-5-7-16(8-6-12)9-10-18(21)22-11-17-15(4)19-13(2)14(3)20-17/h5-10H,11H2,1-4H3/b10-9+. The van der Waals surface area contributed by atoms with Gasteiger partial charge in [-0.2, -0.15) is 0 Å². The van der Waals surface area contributed by atoms with E-state index in [0.717, 1.165) is 22.6 Å². The van der Waals surface area contributed by atoms with Gasteiger partial charge in [0.1, 0.15) is 6.61 Å². The van der Waals surface area contributed by atoms with Crippen LogP contribution in [0.5, 0.6) is 0 Å². The zero-order valence-corrected chi connectivity index (χ0v) is 13.4. The third-order valence-electron chi connectivity index (χ3n) is 3.42. The van der Waals surface area contributed by atoms with Gasteiger partial charge in [0.25, 0.3) is 0 Å². The van der Waals surface area contributed by atoms with Gasteiger partial charge in [-0.05, 0) is 39.3 Å². The van der Waals surface area contributed by atoms with Crippen LogP contribution >= 0.6 is 0 Å². The van der Waals surface area contributed by atoms with E-state index in [2.05, 4.69) is 9.97 Å². The highest BCUT2D eigenvalue weighted by molar-refractivity contribution is 5.87. The van der Waals surface area contributed by atoms with Crippen molar-refractivity contribution >= 4 is 12.0 Å². The van der Waals surface area contributed by atoms with Crippen LogP contribution in [-0.4, -0.2) is 15.9 Å². The van der Waals surface area contributed by atoms with Crippen molar-refractivity contribution in [3.05, 3.63) is 64.2 Å². The highest BCUT2D eigenvalue weighted by atomic mass is 16.5. The van der Waals surface area contributed by atoms with Gasteiger partial charge >= 0.3 is 5.97 Å². The number of rotatable bonds is 4. The molecule has 4 heteroatoms. The molecule has 0 saturated carbocycles. The normalized spacial score (nSPS) is 10.9. The lowest BCUT2D eigenvalue weighted by atomic mass is 10.1. The van der Waals surface area contributed by atoms with Gasteiger partial charge in [-0.25, -0.2) is 4.79 Å². The molecule has 22 heavy (non-hydrogen) atoms. The lowest BCUT2D eigenvalue weighted by Gasteiger charge is -2.07. The van der Waals surface area contributed by atoms with Crippen LogP contribution in [0.1, 0.15) is 33.9 Å². The van der Waals surface area contributed by atoms with E-state index in [-0.39, 0.29) is 12.6 Å². The SMILES string of the molecule is Cc1ccc(/C=C/C(=O)OCc2nc(C)c(C)nc2C)cc1. The van der Waals surface area contributed by atoms with E-state index in [1.807, 2.05) is 52.0 Å². The second kappa shape index (κ2) is 6.98. The minimum Gasteiger partial charge on any atom is -0.456 e. The molecule has 0 fully saturated rings. The van der Waals surface area contributed by atoms with Gasteiger partial charge < -0.3 is 4.74 Å². The zero-order chi connectivity index (χ0) is 16.1. The molecule has 2 aromatic rings. The fraction of sp³-hybridized carbons (Fsp3) is 0.278. The Bertz CT molecular complexity index is 704. The molecule has 0 saturated heterocycles. The Morgan fingerprint density at radius 3 is 2.32 bits per heavy atom. The lowest BCUT2D eigenvalue weighted by molar-refractivity contribution is -0.139. The van der Waals surface area contributed by atoms with Crippen molar-refractivity contribution in [3.8, 4) is 0 Å². The fourth-order valence-electron chi connectivity index (χ4n) is 1.93. The number of ether oxygens (including phenoxy) is 1. The molecule has 0 N–H and O–H groups in total. The summed E-state index contributed by atoms with van der Waals surface area (Å²) >= 11 is 0. The number of hydrogen-bond donors (Lipinski definition) is 0. The summed E-state index contributed by atoms with van der Waals surface area (Å²) in [6, 6.07) is 7.91. The molecule has 1 aromatic carbocycles. The molecule has 1 aromatic heterocycles. The van der Waals surface area contributed by atoms with Gasteiger partial charge in [-0.1, -0.05) is 29.8 Å². The van der Waals surface area contributed by atoms with E-state index in [1.54, 1.807) is 6.08 Å². The Kier molecular flexibility index (Phi) is 5.04. The minimum atomic E-state index is -0.389. The maximum Gasteiger partial charge on any atom is 0.331 e. The fourth-order valence-corrected chi connectivity index (χ4v) is 1.93. The quantitative estimate of drug-likeness (QED) is 0.640. The number of esters is 1. The van der Waals surface area contributed by atoms with E-state index in [0.29, 0.717) is 5.69 Å². The molecule has 0 radical (unpaired) electrons. The second-order valence-corrected chi connectivity index (χ2v) is 5.28. The molecule has 0 spiro atoms. The van der Waals surface area contributed by atoms with Crippen LogP contribution in [0.25, 0.3) is 6.08 Å². The molecule has 0 amide bonds. The van der Waals surface area contributed by atoms with Gasteiger partial charge in [-0.3, -0.25) is 9.97 Å². The molecule has 0 bridgehead atoms. The van der Waals surface area contributed by atoms with Crippen LogP contribution in [0.15, 0.2) is 30.3 Å². The molecule has 0 atom stereocenters. The van der Waals surface area contributed by atoms with Gasteiger partial charge in [0.05, 0.1) is 22.8 Å². The highest BCUT2D eigenvalue weighted by Gasteiger charge is 2.07. The van der Waals surface area contributed by atoms with E-state index in [9.17, 15) is 4.79 Å². The number of aryl methyl sites for hydroxylation is 4. The largest absolute Gasteiger partial charge is 0.456 e. The third kappa shape index (κ3) is 4.25. The monoisotopic (exact) mass is 296 g/mol. The average molecular weight is 296 g/mol. The number of benzene rings is 1. The molecule has 0 aliphatic rings. The first-order valence-electron chi connectivity index (χ1n) is 7.18. The maximum absolute atomic E-state index is 11.8. The minimum absolute atomic E-state index is 0.136. The number of carbonyl (C=O) groups is 1. The topological polar surface area (TPSA) is 52.1 Å². The Hall–Kier alpha value is -2.49. The van der Waals surface area contributed by atoms with Gasteiger partial charge in [0.15, 0.2) is 0 Å². The van der Waals surface area contributed by atoms with Crippen molar-refractivity contribution in [2.75, 3.05) is 0 Å². The summed E-state index contributed by atoms with van der Waals surface area (Å²) in [7, 11) is 0. The van der Waals surface area contributed by atoms with Crippen molar-refractivity contribution in [3.63, 3.8) is 0 Å². The molecular formula is C18H20N2O2. The van der Waals surface area contributed by atoms with Crippen molar-refractivity contribution in [1.82, 2.24) is 9.97 Å². The van der Waals surface area contributed by atoms with E-state index >= 15 is 0 Å². The maximum atomic E-state index is 11.8.